The van der Waals surface area contributed by atoms with Crippen molar-refractivity contribution in [2.45, 2.75) is 19.3 Å². The van der Waals surface area contributed by atoms with E-state index in [1.165, 1.54) is 19.3 Å². The summed E-state index contributed by atoms with van der Waals surface area (Å²) in [6, 6.07) is 12.0. The first kappa shape index (κ1) is 18.4. The second-order valence-corrected chi connectivity index (χ2v) is 8.97. The van der Waals surface area contributed by atoms with E-state index in [4.69, 9.17) is 0 Å². The maximum atomic E-state index is 12.8. The van der Waals surface area contributed by atoms with Gasteiger partial charge >= 0.3 is 0 Å². The highest BCUT2D eigenvalue weighted by molar-refractivity contribution is 14.1. The Balaban J connectivity index is 1.87. The van der Waals surface area contributed by atoms with Gasteiger partial charge in [0, 0.05) is 24.7 Å². The van der Waals surface area contributed by atoms with Crippen LogP contribution in [0.2, 0.25) is 0 Å². The first-order chi connectivity index (χ1) is 11.6. The van der Waals surface area contributed by atoms with Crippen LogP contribution in [0.5, 0.6) is 0 Å². The molecule has 0 aliphatic carbocycles. The van der Waals surface area contributed by atoms with E-state index in [0.29, 0.717) is 5.56 Å². The summed E-state index contributed by atoms with van der Waals surface area (Å²) in [5.41, 5.74) is 2.66. The first-order valence-corrected chi connectivity index (χ1v) is 10.8. The topological polar surface area (TPSA) is 32.3 Å². The van der Waals surface area contributed by atoms with Crippen molar-refractivity contribution < 1.29 is 4.79 Å². The Morgan fingerprint density at radius 1 is 1.08 bits per heavy atom. The van der Waals surface area contributed by atoms with Gasteiger partial charge in [0.05, 0.1) is 16.9 Å². The van der Waals surface area contributed by atoms with Gasteiger partial charge in [-0.1, -0.05) is 12.1 Å². The summed E-state index contributed by atoms with van der Waals surface area (Å²) < 4.78 is 2.93. The van der Waals surface area contributed by atoms with Crippen molar-refractivity contribution in [3.05, 3.63) is 53.6 Å². The van der Waals surface area contributed by atoms with Crippen LogP contribution in [-0.2, 0) is 0 Å². The van der Waals surface area contributed by atoms with Crippen LogP contribution in [0, 0.1) is 7.14 Å². The van der Waals surface area contributed by atoms with E-state index >= 15 is 0 Å². The van der Waals surface area contributed by atoms with Crippen molar-refractivity contribution in [2.75, 3.05) is 23.3 Å². The molecule has 1 aliphatic rings. The van der Waals surface area contributed by atoms with Gasteiger partial charge in [-0.15, -0.1) is 0 Å². The first-order valence-electron chi connectivity index (χ1n) is 7.86. The number of carbonyl (C=O) groups is 1. The zero-order valence-corrected chi connectivity index (χ0v) is 18.9. The number of rotatable bonds is 3. The minimum Gasteiger partial charge on any atom is -0.370 e. The largest absolute Gasteiger partial charge is 0.370 e. The number of nitrogens with zero attached hydrogens (tertiary/aromatic N) is 1. The zero-order chi connectivity index (χ0) is 17.1. The van der Waals surface area contributed by atoms with Gasteiger partial charge < -0.3 is 10.2 Å². The molecule has 126 valence electrons. The summed E-state index contributed by atoms with van der Waals surface area (Å²) in [4.78, 5) is 15.2. The van der Waals surface area contributed by atoms with E-state index < -0.39 is 0 Å². The van der Waals surface area contributed by atoms with Crippen molar-refractivity contribution in [3.8, 4) is 0 Å². The van der Waals surface area contributed by atoms with E-state index in [1.54, 1.807) is 0 Å². The number of para-hydroxylation sites is 2. The number of anilines is 2. The molecule has 0 radical (unpaired) electrons. The number of halogens is 3. The molecule has 1 saturated heterocycles. The summed E-state index contributed by atoms with van der Waals surface area (Å²) in [7, 11) is 0. The number of nitrogens with one attached hydrogen (secondary N) is 1. The lowest BCUT2D eigenvalue weighted by Gasteiger charge is -2.30. The average molecular weight is 611 g/mol. The molecule has 1 heterocycles. The highest BCUT2D eigenvalue weighted by atomic mass is 127. The van der Waals surface area contributed by atoms with Crippen LogP contribution in [0.15, 0.2) is 40.9 Å². The number of hydrogen-bond acceptors (Lipinski definition) is 2. The van der Waals surface area contributed by atoms with Gasteiger partial charge in [-0.3, -0.25) is 4.79 Å². The van der Waals surface area contributed by atoms with E-state index in [9.17, 15) is 4.79 Å². The number of carbonyl (C=O) groups excluding carboxylic acids is 1. The summed E-state index contributed by atoms with van der Waals surface area (Å²) in [6.07, 6.45) is 3.71. The molecule has 1 N–H and O–H groups in total. The molecule has 0 atom stereocenters. The minimum atomic E-state index is -0.0808. The Morgan fingerprint density at radius 2 is 1.79 bits per heavy atom. The van der Waals surface area contributed by atoms with E-state index in [-0.39, 0.29) is 5.91 Å². The fourth-order valence-electron chi connectivity index (χ4n) is 2.90. The van der Waals surface area contributed by atoms with Gasteiger partial charge in [0.15, 0.2) is 0 Å². The van der Waals surface area contributed by atoms with Crippen LogP contribution in [0.4, 0.5) is 11.4 Å². The second-order valence-electron chi connectivity index (χ2n) is 5.77. The van der Waals surface area contributed by atoms with Crippen LogP contribution in [-0.4, -0.2) is 19.0 Å². The molecular weight excluding hydrogens is 594 g/mol. The molecule has 24 heavy (non-hydrogen) atoms. The lowest BCUT2D eigenvalue weighted by Crippen LogP contribution is -2.30. The summed E-state index contributed by atoms with van der Waals surface area (Å²) >= 11 is 8.02. The van der Waals surface area contributed by atoms with Gasteiger partial charge in [0.2, 0.25) is 0 Å². The molecule has 0 spiro atoms. The Kier molecular flexibility index (Phi) is 6.42. The summed E-state index contributed by atoms with van der Waals surface area (Å²) in [6.45, 7) is 2.11. The van der Waals surface area contributed by atoms with Crippen molar-refractivity contribution in [3.63, 3.8) is 0 Å². The second kappa shape index (κ2) is 8.35. The minimum absolute atomic E-state index is 0.0808. The molecule has 3 rings (SSSR count). The van der Waals surface area contributed by atoms with Crippen molar-refractivity contribution in [1.82, 2.24) is 0 Å². The number of benzene rings is 2. The average Bonchev–Trinajstić information content (AvgIpc) is 2.59. The smallest absolute Gasteiger partial charge is 0.256 e. The SMILES string of the molecule is O=C(Nc1ccccc1N1CCCCC1)c1cc(I)cc(I)c1Br. The predicted octanol–water partition coefficient (Wildman–Crippen LogP) is 5.90. The Labute approximate surface area is 178 Å². The van der Waals surface area contributed by atoms with E-state index in [0.717, 1.165) is 36.1 Å². The Morgan fingerprint density at radius 3 is 2.54 bits per heavy atom. The van der Waals surface area contributed by atoms with Gasteiger partial charge in [0.1, 0.15) is 0 Å². The molecule has 0 bridgehead atoms. The number of hydrogen-bond donors (Lipinski definition) is 1. The molecule has 1 aliphatic heterocycles. The van der Waals surface area contributed by atoms with Gasteiger partial charge in [-0.25, -0.2) is 0 Å². The third-order valence-electron chi connectivity index (χ3n) is 4.09. The molecular formula is C18H17BrI2N2O. The third kappa shape index (κ3) is 4.24. The summed E-state index contributed by atoms with van der Waals surface area (Å²) in [5.74, 6) is -0.0808. The molecule has 2 aromatic rings. The maximum absolute atomic E-state index is 12.8. The maximum Gasteiger partial charge on any atom is 0.256 e. The molecule has 3 nitrogen and oxygen atoms in total. The van der Waals surface area contributed by atoms with Crippen molar-refractivity contribution in [1.29, 1.82) is 0 Å². The Bertz CT molecular complexity index is 761. The molecule has 2 aromatic carbocycles. The highest BCUT2D eigenvalue weighted by Gasteiger charge is 2.18. The van der Waals surface area contributed by atoms with E-state index in [2.05, 4.69) is 77.4 Å². The van der Waals surface area contributed by atoms with Gasteiger partial charge in [-0.05, 0) is 105 Å². The third-order valence-corrected chi connectivity index (χ3v) is 7.16. The summed E-state index contributed by atoms with van der Waals surface area (Å²) in [5, 5.41) is 3.10. The van der Waals surface area contributed by atoms with E-state index in [1.807, 2.05) is 30.3 Å². The zero-order valence-electron chi connectivity index (χ0n) is 13.0. The Hall–Kier alpha value is -0.350. The predicted molar refractivity (Wildman–Crippen MR) is 120 cm³/mol. The molecule has 1 amide bonds. The fourth-order valence-corrected chi connectivity index (χ4v) is 5.15. The standard InChI is InChI=1S/C18H17BrI2N2O/c19-17-13(10-12(20)11-14(17)21)18(24)22-15-6-2-3-7-16(15)23-8-4-1-5-9-23/h2-3,6-7,10-11H,1,4-5,8-9H2,(H,22,24). The van der Waals surface area contributed by atoms with Crippen LogP contribution >= 0.6 is 61.1 Å². The highest BCUT2D eigenvalue weighted by Crippen LogP contribution is 2.31. The van der Waals surface area contributed by atoms with Crippen LogP contribution < -0.4 is 10.2 Å². The van der Waals surface area contributed by atoms with Gasteiger partial charge in [0.25, 0.3) is 5.91 Å². The van der Waals surface area contributed by atoms with Crippen molar-refractivity contribution >= 4 is 78.4 Å². The number of piperidine rings is 1. The molecule has 1 fully saturated rings. The molecule has 0 saturated carbocycles. The molecule has 0 unspecified atom stereocenters. The quantitative estimate of drug-likeness (QED) is 0.347. The number of amides is 1. The molecule has 0 aromatic heterocycles. The lowest BCUT2D eigenvalue weighted by molar-refractivity contribution is 0.102. The lowest BCUT2D eigenvalue weighted by atomic mass is 10.1. The molecule has 6 heteroatoms. The van der Waals surface area contributed by atoms with Crippen LogP contribution in [0.3, 0.4) is 0 Å². The fraction of sp³-hybridized carbons (Fsp3) is 0.278. The van der Waals surface area contributed by atoms with Crippen molar-refractivity contribution in [2.24, 2.45) is 0 Å². The monoisotopic (exact) mass is 610 g/mol. The van der Waals surface area contributed by atoms with Crippen LogP contribution in [0.1, 0.15) is 29.6 Å². The van der Waals surface area contributed by atoms with Gasteiger partial charge in [-0.2, -0.15) is 0 Å². The van der Waals surface area contributed by atoms with Crippen LogP contribution in [0.25, 0.3) is 0 Å². The normalized spacial score (nSPS) is 14.5.